The molecule has 2 aliphatic heterocycles. The predicted octanol–water partition coefficient (Wildman–Crippen LogP) is 13.4. The summed E-state index contributed by atoms with van der Waals surface area (Å²) in [5.74, 6) is 1.99. The van der Waals surface area contributed by atoms with E-state index in [9.17, 15) is 0 Å². The third-order valence-electron chi connectivity index (χ3n) is 12.7. The van der Waals surface area contributed by atoms with E-state index < -0.39 is 6.29 Å². The highest BCUT2D eigenvalue weighted by Gasteiger charge is 2.51. The Morgan fingerprint density at radius 1 is 0.472 bits per heavy atom. The molecule has 53 heavy (non-hydrogen) atoms. The van der Waals surface area contributed by atoms with Gasteiger partial charge in [-0.2, -0.15) is 0 Å². The zero-order valence-corrected chi connectivity index (χ0v) is 34.4. The molecule has 7 aromatic rings. The van der Waals surface area contributed by atoms with Gasteiger partial charge in [0.1, 0.15) is 22.7 Å². The van der Waals surface area contributed by atoms with Crippen LogP contribution in [0, 0.1) is 0 Å². The van der Waals surface area contributed by atoms with Crippen LogP contribution in [0.1, 0.15) is 149 Å². The smallest absolute Gasteiger partial charge is 0.252 e. The Kier molecular flexibility index (Phi) is 6.27. The van der Waals surface area contributed by atoms with E-state index >= 15 is 0 Å². The minimum atomic E-state index is -0.418. The maximum absolute atomic E-state index is 7.47. The van der Waals surface area contributed by atoms with Gasteiger partial charge in [0.05, 0.1) is 17.0 Å². The lowest BCUT2D eigenvalue weighted by molar-refractivity contribution is 0.0307. The van der Waals surface area contributed by atoms with Gasteiger partial charge in [0.25, 0.3) is 6.29 Å². The van der Waals surface area contributed by atoms with E-state index in [-0.39, 0.29) is 27.6 Å². The lowest BCUT2D eigenvalue weighted by atomic mass is 9.79. The average Bonchev–Trinajstić information content (AvgIpc) is 3.82. The molecule has 5 heteroatoms. The normalized spacial score (nSPS) is 18.2. The summed E-state index contributed by atoms with van der Waals surface area (Å²) in [6.45, 7) is 34.5. The monoisotopic (exact) mass is 708 g/mol. The van der Waals surface area contributed by atoms with Crippen molar-refractivity contribution in [3.8, 4) is 11.5 Å². The topological polar surface area (TPSA) is 41.5 Å². The van der Waals surface area contributed by atoms with E-state index in [4.69, 9.17) is 13.9 Å². The van der Waals surface area contributed by atoms with E-state index in [1.165, 1.54) is 87.8 Å². The molecule has 1 aliphatic carbocycles. The van der Waals surface area contributed by atoms with Gasteiger partial charge >= 0.3 is 0 Å². The number of ether oxygens (including phenoxy) is 2. The molecule has 0 atom stereocenters. The summed E-state index contributed by atoms with van der Waals surface area (Å²) in [5, 5.41) is 7.83. The number of rotatable bonds is 4. The first kappa shape index (κ1) is 33.4. The Balaban J connectivity index is 1.63. The number of aromatic nitrogens is 2. The molecular formula is C48H56N2O3. The van der Waals surface area contributed by atoms with Crippen molar-refractivity contribution in [2.24, 2.45) is 0 Å². The molecule has 0 fully saturated rings. The molecule has 0 spiro atoms. The summed E-state index contributed by atoms with van der Waals surface area (Å²) in [4.78, 5) is 0. The number of aryl methyl sites for hydroxylation is 2. The highest BCUT2D eigenvalue weighted by Crippen LogP contribution is 2.63. The molecule has 0 saturated heterocycles. The van der Waals surface area contributed by atoms with Gasteiger partial charge in [0.15, 0.2) is 0 Å². The van der Waals surface area contributed by atoms with Gasteiger partial charge in [-0.3, -0.25) is 0 Å². The summed E-state index contributed by atoms with van der Waals surface area (Å²) in [6.07, 6.45) is 1.67. The first-order chi connectivity index (χ1) is 24.8. The van der Waals surface area contributed by atoms with E-state index in [0.29, 0.717) is 0 Å². The molecule has 10 rings (SSSR count). The molecule has 3 aliphatic rings. The van der Waals surface area contributed by atoms with Crippen molar-refractivity contribution < 1.29 is 13.9 Å². The molecule has 0 N–H and O–H groups in total. The lowest BCUT2D eigenvalue weighted by Crippen LogP contribution is -2.21. The van der Waals surface area contributed by atoms with Crippen LogP contribution in [0.25, 0.3) is 65.6 Å². The van der Waals surface area contributed by atoms with Gasteiger partial charge in [-0.1, -0.05) is 96.9 Å². The zero-order valence-electron chi connectivity index (χ0n) is 34.4. The van der Waals surface area contributed by atoms with Crippen LogP contribution in [0.5, 0.6) is 11.5 Å². The minimum absolute atomic E-state index is 0.0495. The SMILES string of the molecule is CCCn1c2cc(C(C)(C)C)c3c4c2c2c5c(oc6c(C(C)(C)C)cc7c(c8c9c(c(C(C)(C)C)cc8n7CCC)OC(O3)C49)c65)c(C(C)(C)C)cc21. The fourth-order valence-electron chi connectivity index (χ4n) is 10.4. The summed E-state index contributed by atoms with van der Waals surface area (Å²) in [5.41, 5.74) is 14.4. The van der Waals surface area contributed by atoms with Crippen molar-refractivity contribution in [2.45, 2.75) is 157 Å². The van der Waals surface area contributed by atoms with Gasteiger partial charge in [-0.15, -0.1) is 0 Å². The maximum Gasteiger partial charge on any atom is 0.252 e. The molecule has 276 valence electrons. The Morgan fingerprint density at radius 2 is 0.811 bits per heavy atom. The lowest BCUT2D eigenvalue weighted by Gasteiger charge is -2.25. The second-order valence-corrected chi connectivity index (χ2v) is 20.7. The van der Waals surface area contributed by atoms with Crippen molar-refractivity contribution in [1.29, 1.82) is 0 Å². The number of nitrogens with zero attached hydrogens (tertiary/aromatic N) is 2. The number of hydrogen-bond donors (Lipinski definition) is 0. The molecule has 0 amide bonds. The van der Waals surface area contributed by atoms with Gasteiger partial charge < -0.3 is 23.0 Å². The van der Waals surface area contributed by atoms with E-state index in [1.807, 2.05) is 0 Å². The summed E-state index contributed by atoms with van der Waals surface area (Å²) < 4.78 is 27.2. The molecule has 0 saturated carbocycles. The maximum atomic E-state index is 7.47. The molecule has 0 radical (unpaired) electrons. The zero-order chi connectivity index (χ0) is 37.6. The summed E-state index contributed by atoms with van der Waals surface area (Å²) >= 11 is 0. The predicted molar refractivity (Wildman–Crippen MR) is 222 cm³/mol. The molecule has 0 bridgehead atoms. The molecule has 5 heterocycles. The third kappa shape index (κ3) is 4.04. The summed E-state index contributed by atoms with van der Waals surface area (Å²) in [7, 11) is 0. The van der Waals surface area contributed by atoms with Crippen LogP contribution < -0.4 is 9.47 Å². The van der Waals surface area contributed by atoms with Gasteiger partial charge in [-0.05, 0) is 58.8 Å². The first-order valence-corrected chi connectivity index (χ1v) is 20.2. The highest BCUT2D eigenvalue weighted by molar-refractivity contribution is 6.37. The fourth-order valence-corrected chi connectivity index (χ4v) is 10.4. The Bertz CT molecular complexity index is 2600. The average molecular weight is 709 g/mol. The van der Waals surface area contributed by atoms with Crippen molar-refractivity contribution in [3.05, 3.63) is 57.6 Å². The molecule has 0 unspecified atom stereocenters. The van der Waals surface area contributed by atoms with Crippen LogP contribution in [-0.2, 0) is 34.7 Å². The standard InChI is InChI=1S/C48H56N2O3/c1-15-17-49-27-19-23(45(3,4)5)40-35-31(27)33-29(49)21-25(47(9,10)11)42-37(33)39-38-34-30(22-26(48(12,13)14)43(38)53-44(39)52-42)50(18-16-2)28-20-24(46(6,7)8)41(51-40)36(35)32(28)34/h19-22,39,44H,15-18H2,1-14H3. The molecule has 4 aromatic carbocycles. The quantitative estimate of drug-likeness (QED) is 0.183. The Hall–Kier alpha value is -4.12. The third-order valence-corrected chi connectivity index (χ3v) is 12.7. The van der Waals surface area contributed by atoms with Crippen molar-refractivity contribution in [1.82, 2.24) is 9.13 Å². The van der Waals surface area contributed by atoms with Gasteiger partial charge in [0, 0.05) is 89.8 Å². The number of hydrogen-bond acceptors (Lipinski definition) is 3. The van der Waals surface area contributed by atoms with Crippen LogP contribution >= 0.6 is 0 Å². The van der Waals surface area contributed by atoms with E-state index in [1.54, 1.807) is 0 Å². The van der Waals surface area contributed by atoms with Gasteiger partial charge in [-0.25, -0.2) is 0 Å². The highest BCUT2D eigenvalue weighted by atomic mass is 16.7. The van der Waals surface area contributed by atoms with E-state index in [2.05, 4.69) is 130 Å². The van der Waals surface area contributed by atoms with Crippen LogP contribution in [0.2, 0.25) is 0 Å². The fraction of sp³-hybridized carbons (Fsp3) is 0.500. The van der Waals surface area contributed by atoms with Crippen molar-refractivity contribution in [2.75, 3.05) is 0 Å². The first-order valence-electron chi connectivity index (χ1n) is 20.2. The largest absolute Gasteiger partial charge is 0.455 e. The van der Waals surface area contributed by atoms with Crippen molar-refractivity contribution in [3.63, 3.8) is 0 Å². The minimum Gasteiger partial charge on any atom is -0.455 e. The van der Waals surface area contributed by atoms with E-state index in [0.717, 1.165) is 48.6 Å². The molecule has 5 nitrogen and oxygen atoms in total. The second kappa shape index (κ2) is 9.94. The van der Waals surface area contributed by atoms with Crippen LogP contribution in [0.4, 0.5) is 0 Å². The second-order valence-electron chi connectivity index (χ2n) is 20.7. The Morgan fingerprint density at radius 3 is 1.15 bits per heavy atom. The van der Waals surface area contributed by atoms with Crippen LogP contribution in [0.15, 0.2) is 28.7 Å². The van der Waals surface area contributed by atoms with Crippen LogP contribution in [-0.4, -0.2) is 15.4 Å². The summed E-state index contributed by atoms with van der Waals surface area (Å²) in [6, 6.07) is 9.90. The molecular weight excluding hydrogens is 653 g/mol. The van der Waals surface area contributed by atoms with Gasteiger partial charge in [0.2, 0.25) is 0 Å². The number of benzene rings is 4. The number of furan rings is 1. The van der Waals surface area contributed by atoms with Crippen LogP contribution in [0.3, 0.4) is 0 Å². The Labute approximate surface area is 313 Å². The molecule has 3 aromatic heterocycles. The van der Waals surface area contributed by atoms with Crippen molar-refractivity contribution >= 4 is 65.6 Å².